The van der Waals surface area contributed by atoms with E-state index in [-0.39, 0.29) is 18.9 Å². The van der Waals surface area contributed by atoms with Crippen molar-refractivity contribution in [2.45, 2.75) is 140 Å². The van der Waals surface area contributed by atoms with Gasteiger partial charge >= 0.3 is 7.82 Å². The van der Waals surface area contributed by atoms with Gasteiger partial charge in [0.1, 0.15) is 42.8 Å². The van der Waals surface area contributed by atoms with E-state index in [1.54, 1.807) is 24.3 Å². The number of hydrogen-bond acceptors (Lipinski definition) is 11. The third-order valence-corrected chi connectivity index (χ3v) is 10.9. The number of anilines is 1. The number of hydrogen-bond donors (Lipinski definition) is 4. The van der Waals surface area contributed by atoms with Crippen molar-refractivity contribution in [2.24, 2.45) is 0 Å². The molecule has 5 N–H and O–H groups in total. The fourth-order valence-electron chi connectivity index (χ4n) is 6.80. The van der Waals surface area contributed by atoms with Crippen molar-refractivity contribution in [3.8, 4) is 11.8 Å². The van der Waals surface area contributed by atoms with Crippen molar-refractivity contribution >= 4 is 19.0 Å². The number of nitrogen functional groups attached to an aromatic ring is 1. The van der Waals surface area contributed by atoms with Crippen molar-refractivity contribution < 1.29 is 42.9 Å². The molecule has 3 heterocycles. The second-order valence-electron chi connectivity index (χ2n) is 14.2. The number of nitrogens with zero attached hydrogens (tertiary/aromatic N) is 3. The van der Waals surface area contributed by atoms with Crippen molar-refractivity contribution in [3.05, 3.63) is 60.4 Å². The lowest BCUT2D eigenvalue weighted by Gasteiger charge is -2.24. The smallest absolute Gasteiger partial charge is 0.472 e. The molecule has 1 aliphatic rings. The summed E-state index contributed by atoms with van der Waals surface area (Å²) in [6.07, 6.45) is 16.1. The summed E-state index contributed by atoms with van der Waals surface area (Å²) < 4.78 is 42.7. The molecule has 0 radical (unpaired) electrons. The summed E-state index contributed by atoms with van der Waals surface area (Å²) in [4.78, 5) is 10.7. The Morgan fingerprint density at radius 3 is 2.13 bits per heavy atom. The number of nitriles is 1. The molecule has 0 spiro atoms. The molecule has 300 valence electrons. The van der Waals surface area contributed by atoms with E-state index in [1.807, 2.05) is 24.3 Å². The van der Waals surface area contributed by atoms with Crippen LogP contribution in [-0.4, -0.2) is 75.6 Å². The number of phosphoric acid groups is 1. The Balaban J connectivity index is 1.17. The van der Waals surface area contributed by atoms with Crippen molar-refractivity contribution in [1.29, 1.82) is 5.26 Å². The average molecular weight is 773 g/mol. The molecule has 4 rings (SSSR count). The van der Waals surface area contributed by atoms with Gasteiger partial charge in [0.15, 0.2) is 0 Å². The van der Waals surface area contributed by atoms with Crippen molar-refractivity contribution in [2.75, 3.05) is 32.2 Å². The fourth-order valence-corrected chi connectivity index (χ4v) is 7.70. The molecule has 1 fully saturated rings. The third-order valence-electron chi connectivity index (χ3n) is 9.90. The normalized spacial score (nSPS) is 21.6. The van der Waals surface area contributed by atoms with Gasteiger partial charge in [-0.15, -0.1) is 0 Å². The van der Waals surface area contributed by atoms with Gasteiger partial charge < -0.3 is 35.1 Å². The average Bonchev–Trinajstić information content (AvgIpc) is 3.72. The van der Waals surface area contributed by atoms with Crippen LogP contribution in [0.5, 0.6) is 5.75 Å². The summed E-state index contributed by atoms with van der Waals surface area (Å²) in [6.45, 7) is 1.95. The molecule has 1 aromatic carbocycles. The topological polar surface area (TPSA) is 191 Å². The Hall–Kier alpha value is -3.05. The highest BCUT2D eigenvalue weighted by molar-refractivity contribution is 7.47. The molecule has 0 bridgehead atoms. The SMILES string of the molecule is CCCCCCCCCCCCCCCCCCOC[C@H](COc1ccccc1)OP(=O)(O)OC[C@H]1O[C@@](C#N)(c2ccc3c(N)ccnn23)[C@H](O)[C@@H]1O. The second kappa shape index (κ2) is 23.1. The number of aliphatic hydroxyl groups is 2. The maximum atomic E-state index is 13.2. The van der Waals surface area contributed by atoms with Crippen LogP contribution in [0.3, 0.4) is 0 Å². The van der Waals surface area contributed by atoms with Gasteiger partial charge in [-0.1, -0.05) is 121 Å². The Morgan fingerprint density at radius 2 is 1.52 bits per heavy atom. The zero-order chi connectivity index (χ0) is 38.7. The standard InChI is InChI=1S/C40H61N4O9P/c1-2-3-4-5-6-7-8-9-10-11-12-13-14-15-16-20-27-49-28-33(29-50-32-21-18-17-19-22-32)53-54(47,48)51-30-36-38(45)39(46)40(31-41,52-36)37-24-23-35-34(42)25-26-43-44(35)37/h17-19,21-26,33,36,38-39,45-46H,2-16,20,27-30,42H2,1H3,(H,47,48)/t33-,36-,38-,39-,40+/m1/s1. The van der Waals surface area contributed by atoms with E-state index in [0.29, 0.717) is 23.6 Å². The van der Waals surface area contributed by atoms with Crippen LogP contribution in [0.1, 0.15) is 115 Å². The molecule has 3 aromatic rings. The number of aliphatic hydroxyl groups excluding tert-OH is 2. The highest BCUT2D eigenvalue weighted by atomic mass is 31.2. The lowest BCUT2D eigenvalue weighted by atomic mass is 9.92. The predicted octanol–water partition coefficient (Wildman–Crippen LogP) is 7.62. The number of rotatable bonds is 28. The van der Waals surface area contributed by atoms with Crippen LogP contribution in [0.25, 0.3) is 5.52 Å². The van der Waals surface area contributed by atoms with Crippen LogP contribution in [-0.2, 0) is 28.7 Å². The van der Waals surface area contributed by atoms with Crippen LogP contribution >= 0.6 is 7.82 Å². The Morgan fingerprint density at radius 1 is 0.907 bits per heavy atom. The third kappa shape index (κ3) is 13.3. The number of unbranched alkanes of at least 4 members (excludes halogenated alkanes) is 15. The van der Waals surface area contributed by atoms with Gasteiger partial charge in [-0.25, -0.2) is 9.08 Å². The first kappa shape index (κ1) is 43.7. The monoisotopic (exact) mass is 772 g/mol. The van der Waals surface area contributed by atoms with E-state index in [9.17, 15) is 24.9 Å². The van der Waals surface area contributed by atoms with E-state index < -0.39 is 44.4 Å². The van der Waals surface area contributed by atoms with Gasteiger partial charge in [0.25, 0.3) is 0 Å². The Kier molecular flexibility index (Phi) is 18.7. The zero-order valence-electron chi connectivity index (χ0n) is 31.8. The summed E-state index contributed by atoms with van der Waals surface area (Å²) in [5, 5.41) is 36.2. The fraction of sp³-hybridized carbons (Fsp3) is 0.650. The Bertz CT molecular complexity index is 1590. The van der Waals surface area contributed by atoms with E-state index in [0.717, 1.165) is 19.3 Å². The first-order valence-electron chi connectivity index (χ1n) is 19.8. The maximum Gasteiger partial charge on any atom is 0.472 e. The largest absolute Gasteiger partial charge is 0.491 e. The molecular weight excluding hydrogens is 711 g/mol. The van der Waals surface area contributed by atoms with E-state index >= 15 is 0 Å². The minimum absolute atomic E-state index is 0.0181. The summed E-state index contributed by atoms with van der Waals surface area (Å²) in [7, 11) is -4.77. The zero-order valence-corrected chi connectivity index (χ0v) is 32.7. The van der Waals surface area contributed by atoms with Crippen molar-refractivity contribution in [3.63, 3.8) is 0 Å². The van der Waals surface area contributed by atoms with Gasteiger partial charge in [0, 0.05) is 12.8 Å². The minimum Gasteiger partial charge on any atom is -0.491 e. The summed E-state index contributed by atoms with van der Waals surface area (Å²) >= 11 is 0. The minimum atomic E-state index is -4.77. The van der Waals surface area contributed by atoms with Crippen LogP contribution in [0.4, 0.5) is 5.69 Å². The molecule has 54 heavy (non-hydrogen) atoms. The summed E-state index contributed by atoms with van der Waals surface area (Å²) in [5.41, 5.74) is 4.95. The second-order valence-corrected chi connectivity index (χ2v) is 15.6. The first-order valence-corrected chi connectivity index (χ1v) is 21.3. The number of para-hydroxylation sites is 1. The molecule has 1 saturated heterocycles. The van der Waals surface area contributed by atoms with Crippen LogP contribution in [0.2, 0.25) is 0 Å². The van der Waals surface area contributed by atoms with Crippen LogP contribution < -0.4 is 10.5 Å². The van der Waals surface area contributed by atoms with E-state index in [2.05, 4.69) is 12.0 Å². The van der Waals surface area contributed by atoms with Gasteiger partial charge in [-0.2, -0.15) is 10.4 Å². The number of phosphoric ester groups is 1. The molecule has 1 aliphatic heterocycles. The van der Waals surface area contributed by atoms with Crippen LogP contribution in [0.15, 0.2) is 54.7 Å². The summed E-state index contributed by atoms with van der Waals surface area (Å²) in [5.74, 6) is 0.552. The molecule has 6 atom stereocenters. The van der Waals surface area contributed by atoms with E-state index in [4.69, 9.17) is 29.0 Å². The van der Waals surface area contributed by atoms with Gasteiger partial charge in [0.05, 0.1) is 30.1 Å². The molecule has 0 amide bonds. The van der Waals surface area contributed by atoms with Crippen LogP contribution in [0, 0.1) is 11.3 Å². The molecule has 2 aromatic heterocycles. The lowest BCUT2D eigenvalue weighted by molar-refractivity contribution is -0.0669. The highest BCUT2D eigenvalue weighted by Gasteiger charge is 2.58. The van der Waals surface area contributed by atoms with Crippen molar-refractivity contribution in [1.82, 2.24) is 9.61 Å². The summed E-state index contributed by atoms with van der Waals surface area (Å²) in [6, 6.07) is 15.6. The highest BCUT2D eigenvalue weighted by Crippen LogP contribution is 2.47. The Labute approximate surface area is 320 Å². The molecule has 0 aliphatic carbocycles. The number of fused-ring (bicyclic) bond motifs is 1. The molecule has 1 unspecified atom stereocenters. The predicted molar refractivity (Wildman–Crippen MR) is 207 cm³/mol. The number of nitrogens with two attached hydrogens (primary N) is 1. The quantitative estimate of drug-likeness (QED) is 0.0418. The number of aromatic nitrogens is 2. The van der Waals surface area contributed by atoms with Gasteiger partial charge in [-0.3, -0.25) is 9.05 Å². The molecule has 14 heteroatoms. The maximum absolute atomic E-state index is 13.2. The lowest BCUT2D eigenvalue weighted by Crippen LogP contribution is -2.41. The number of benzene rings is 1. The molecular formula is C40H61N4O9P. The van der Waals surface area contributed by atoms with E-state index in [1.165, 1.54) is 100 Å². The molecule has 0 saturated carbocycles. The molecule has 13 nitrogen and oxygen atoms in total. The first-order chi connectivity index (χ1) is 26.2. The van der Waals surface area contributed by atoms with Gasteiger partial charge in [-0.05, 0) is 36.8 Å². The number of ether oxygens (including phenoxy) is 3. The van der Waals surface area contributed by atoms with Gasteiger partial charge in [0.2, 0.25) is 5.60 Å².